The molecule has 1 aliphatic rings. The minimum atomic E-state index is -0.00731. The number of benzene rings is 1. The van der Waals surface area contributed by atoms with Crippen LogP contribution in [0.15, 0.2) is 29.6 Å². The van der Waals surface area contributed by atoms with Gasteiger partial charge in [-0.3, -0.25) is 4.79 Å². The van der Waals surface area contributed by atoms with Crippen LogP contribution in [0.3, 0.4) is 0 Å². The standard InChI is InChI=1S/C15H13NOS/c1-9-6-7-18-13(9)8-11-14-10(2)4-3-5-12(14)16-15(11)17/h3-8H,1-2H3,(H,16,17)/b11-8-. The largest absolute Gasteiger partial charge is 0.321 e. The van der Waals surface area contributed by atoms with Crippen LogP contribution in [-0.4, -0.2) is 5.91 Å². The topological polar surface area (TPSA) is 29.1 Å². The highest BCUT2D eigenvalue weighted by molar-refractivity contribution is 7.11. The number of nitrogens with one attached hydrogen (secondary N) is 1. The number of rotatable bonds is 1. The van der Waals surface area contributed by atoms with Gasteiger partial charge in [0.2, 0.25) is 0 Å². The van der Waals surface area contributed by atoms with Crippen molar-refractivity contribution in [3.63, 3.8) is 0 Å². The fourth-order valence-corrected chi connectivity index (χ4v) is 3.09. The molecule has 2 nitrogen and oxygen atoms in total. The van der Waals surface area contributed by atoms with Gasteiger partial charge in [-0.15, -0.1) is 11.3 Å². The Morgan fingerprint density at radius 3 is 2.72 bits per heavy atom. The number of anilines is 1. The summed E-state index contributed by atoms with van der Waals surface area (Å²) in [7, 11) is 0. The fraction of sp³-hybridized carbons (Fsp3) is 0.133. The third-order valence-electron chi connectivity index (χ3n) is 3.21. The second-order valence-electron chi connectivity index (χ2n) is 4.48. The molecule has 0 spiro atoms. The third kappa shape index (κ3) is 1.68. The first-order valence-corrected chi connectivity index (χ1v) is 6.72. The summed E-state index contributed by atoms with van der Waals surface area (Å²) in [5.41, 5.74) is 5.07. The number of aryl methyl sites for hydroxylation is 2. The average molecular weight is 255 g/mol. The normalized spacial score (nSPS) is 15.9. The molecule has 0 atom stereocenters. The van der Waals surface area contributed by atoms with Crippen molar-refractivity contribution < 1.29 is 4.79 Å². The zero-order chi connectivity index (χ0) is 12.7. The molecule has 0 fully saturated rings. The van der Waals surface area contributed by atoms with E-state index in [1.54, 1.807) is 11.3 Å². The molecule has 1 aromatic heterocycles. The summed E-state index contributed by atoms with van der Waals surface area (Å²) in [5, 5.41) is 4.97. The maximum atomic E-state index is 12.0. The highest BCUT2D eigenvalue weighted by Crippen LogP contribution is 2.36. The lowest BCUT2D eigenvalue weighted by Crippen LogP contribution is -2.03. The molecule has 0 saturated heterocycles. The number of carbonyl (C=O) groups is 1. The SMILES string of the molecule is Cc1ccsc1/C=C1\C(=O)Nc2cccc(C)c21. The second-order valence-corrected chi connectivity index (χ2v) is 5.43. The second kappa shape index (κ2) is 4.10. The summed E-state index contributed by atoms with van der Waals surface area (Å²) in [6.07, 6.45) is 1.99. The fourth-order valence-electron chi connectivity index (χ4n) is 2.23. The molecule has 1 aromatic carbocycles. The smallest absolute Gasteiger partial charge is 0.256 e. The molecule has 0 radical (unpaired) electrons. The van der Waals surface area contributed by atoms with E-state index in [-0.39, 0.29) is 5.91 Å². The molecule has 0 aliphatic carbocycles. The molecule has 1 amide bonds. The lowest BCUT2D eigenvalue weighted by Gasteiger charge is -2.02. The van der Waals surface area contributed by atoms with Gasteiger partial charge in [0.25, 0.3) is 5.91 Å². The number of hydrogen-bond donors (Lipinski definition) is 1. The van der Waals surface area contributed by atoms with Crippen LogP contribution in [0.1, 0.15) is 21.6 Å². The number of amides is 1. The van der Waals surface area contributed by atoms with Crippen molar-refractivity contribution in [3.8, 4) is 0 Å². The number of hydrogen-bond acceptors (Lipinski definition) is 2. The zero-order valence-electron chi connectivity index (χ0n) is 10.3. The van der Waals surface area contributed by atoms with E-state index in [0.717, 1.165) is 27.3 Å². The summed E-state index contributed by atoms with van der Waals surface area (Å²) >= 11 is 1.66. The summed E-state index contributed by atoms with van der Waals surface area (Å²) in [5.74, 6) is -0.00731. The Balaban J connectivity index is 2.18. The number of carbonyl (C=O) groups excluding carboxylic acids is 1. The van der Waals surface area contributed by atoms with Crippen LogP contribution in [0, 0.1) is 13.8 Å². The van der Waals surface area contributed by atoms with Gasteiger partial charge in [0.1, 0.15) is 0 Å². The molecule has 2 heterocycles. The number of thiophene rings is 1. The first kappa shape index (κ1) is 11.2. The molecule has 1 N–H and O–H groups in total. The van der Waals surface area contributed by atoms with Crippen molar-refractivity contribution in [3.05, 3.63) is 51.2 Å². The summed E-state index contributed by atoms with van der Waals surface area (Å²) in [6, 6.07) is 8.02. The minimum absolute atomic E-state index is 0.00731. The average Bonchev–Trinajstić information content (AvgIpc) is 2.86. The zero-order valence-corrected chi connectivity index (χ0v) is 11.1. The van der Waals surface area contributed by atoms with E-state index in [1.165, 1.54) is 5.56 Å². The van der Waals surface area contributed by atoms with Crippen LogP contribution in [0.2, 0.25) is 0 Å². The maximum Gasteiger partial charge on any atom is 0.256 e. The lowest BCUT2D eigenvalue weighted by atomic mass is 10.0. The molecule has 18 heavy (non-hydrogen) atoms. The summed E-state index contributed by atoms with van der Waals surface area (Å²) < 4.78 is 0. The third-order valence-corrected chi connectivity index (χ3v) is 4.18. The molecule has 0 bridgehead atoms. The predicted molar refractivity (Wildman–Crippen MR) is 76.7 cm³/mol. The van der Waals surface area contributed by atoms with Crippen molar-refractivity contribution in [2.45, 2.75) is 13.8 Å². The van der Waals surface area contributed by atoms with Gasteiger partial charge in [0.15, 0.2) is 0 Å². The Hall–Kier alpha value is -1.87. The van der Waals surface area contributed by atoms with Gasteiger partial charge in [0, 0.05) is 16.1 Å². The molecule has 1 aliphatic heterocycles. The molecule has 2 aromatic rings. The Bertz CT molecular complexity index is 667. The van der Waals surface area contributed by atoms with Gasteiger partial charge in [-0.2, -0.15) is 0 Å². The quantitative estimate of drug-likeness (QED) is 0.770. The Morgan fingerprint density at radius 2 is 2.00 bits per heavy atom. The molecule has 0 saturated carbocycles. The van der Waals surface area contributed by atoms with Gasteiger partial charge in [0.05, 0.1) is 5.57 Å². The van der Waals surface area contributed by atoms with Gasteiger partial charge in [-0.25, -0.2) is 0 Å². The molecular weight excluding hydrogens is 242 g/mol. The van der Waals surface area contributed by atoms with E-state index in [0.29, 0.717) is 0 Å². The molecular formula is C15H13NOS. The van der Waals surface area contributed by atoms with Crippen LogP contribution in [0.4, 0.5) is 5.69 Å². The van der Waals surface area contributed by atoms with E-state index < -0.39 is 0 Å². The van der Waals surface area contributed by atoms with Crippen molar-refractivity contribution in [2.75, 3.05) is 5.32 Å². The van der Waals surface area contributed by atoms with Gasteiger partial charge in [-0.05, 0) is 48.6 Å². The van der Waals surface area contributed by atoms with Crippen molar-refractivity contribution in [1.29, 1.82) is 0 Å². The van der Waals surface area contributed by atoms with E-state index in [1.807, 2.05) is 36.6 Å². The Morgan fingerprint density at radius 1 is 1.17 bits per heavy atom. The molecule has 3 heteroatoms. The Kier molecular flexibility index (Phi) is 2.56. The monoisotopic (exact) mass is 255 g/mol. The highest BCUT2D eigenvalue weighted by Gasteiger charge is 2.25. The summed E-state index contributed by atoms with van der Waals surface area (Å²) in [6.45, 7) is 4.10. The maximum absolute atomic E-state index is 12.0. The molecule has 3 rings (SSSR count). The van der Waals surface area contributed by atoms with E-state index >= 15 is 0 Å². The molecule has 90 valence electrons. The lowest BCUT2D eigenvalue weighted by molar-refractivity contribution is -0.110. The van der Waals surface area contributed by atoms with E-state index in [9.17, 15) is 4.79 Å². The van der Waals surface area contributed by atoms with Gasteiger partial charge in [-0.1, -0.05) is 12.1 Å². The van der Waals surface area contributed by atoms with Crippen LogP contribution >= 0.6 is 11.3 Å². The van der Waals surface area contributed by atoms with Crippen molar-refractivity contribution in [1.82, 2.24) is 0 Å². The van der Waals surface area contributed by atoms with Crippen LogP contribution in [0.5, 0.6) is 0 Å². The first-order valence-electron chi connectivity index (χ1n) is 5.84. The van der Waals surface area contributed by atoms with Crippen molar-refractivity contribution >= 4 is 34.6 Å². The van der Waals surface area contributed by atoms with Crippen LogP contribution in [0.25, 0.3) is 11.6 Å². The van der Waals surface area contributed by atoms with Crippen LogP contribution < -0.4 is 5.32 Å². The molecule has 0 unspecified atom stereocenters. The van der Waals surface area contributed by atoms with Crippen molar-refractivity contribution in [2.24, 2.45) is 0 Å². The van der Waals surface area contributed by atoms with E-state index in [4.69, 9.17) is 0 Å². The van der Waals surface area contributed by atoms with E-state index in [2.05, 4.69) is 18.3 Å². The first-order chi connectivity index (χ1) is 8.66. The van der Waals surface area contributed by atoms with Crippen LogP contribution in [-0.2, 0) is 4.79 Å². The minimum Gasteiger partial charge on any atom is -0.321 e. The van der Waals surface area contributed by atoms with Gasteiger partial charge >= 0.3 is 0 Å². The number of fused-ring (bicyclic) bond motifs is 1. The van der Waals surface area contributed by atoms with Gasteiger partial charge < -0.3 is 5.32 Å². The predicted octanol–water partition coefficient (Wildman–Crippen LogP) is 3.86. The highest BCUT2D eigenvalue weighted by atomic mass is 32.1. The Labute approximate surface area is 110 Å². The summed E-state index contributed by atoms with van der Waals surface area (Å²) in [4.78, 5) is 13.2.